The van der Waals surface area contributed by atoms with Crippen molar-refractivity contribution in [3.8, 4) is 0 Å². The van der Waals surface area contributed by atoms with E-state index in [-0.39, 0.29) is 28.1 Å². The van der Waals surface area contributed by atoms with Crippen molar-refractivity contribution in [3.63, 3.8) is 0 Å². The second-order valence-corrected chi connectivity index (χ2v) is 5.37. The molecule has 1 aliphatic carbocycles. The van der Waals surface area contributed by atoms with Gasteiger partial charge in [0.15, 0.2) is 10.9 Å². The highest BCUT2D eigenvalue weighted by atomic mass is 32.1. The fraction of sp³-hybridized carbons (Fsp3) is 0.267. The van der Waals surface area contributed by atoms with Gasteiger partial charge < -0.3 is 10.8 Å². The molecule has 110 valence electrons. The quantitative estimate of drug-likeness (QED) is 0.452. The van der Waals surface area contributed by atoms with Gasteiger partial charge in [0.2, 0.25) is 0 Å². The highest BCUT2D eigenvalue weighted by molar-refractivity contribution is 7.80. The molecule has 0 amide bonds. The van der Waals surface area contributed by atoms with Crippen molar-refractivity contribution in [1.82, 2.24) is 5.43 Å². The number of benzene rings is 1. The van der Waals surface area contributed by atoms with E-state index in [9.17, 15) is 9.90 Å². The smallest absolute Gasteiger partial charge is 0.184 e. The van der Waals surface area contributed by atoms with E-state index in [2.05, 4.69) is 22.7 Å². The summed E-state index contributed by atoms with van der Waals surface area (Å²) in [7, 11) is 0. The number of carbonyl (C=O) groups is 1. The van der Waals surface area contributed by atoms with E-state index in [1.54, 1.807) is 6.92 Å². The maximum Gasteiger partial charge on any atom is 0.184 e. The van der Waals surface area contributed by atoms with Crippen molar-refractivity contribution in [2.24, 2.45) is 10.8 Å². The van der Waals surface area contributed by atoms with Crippen LogP contribution in [-0.2, 0) is 4.79 Å². The summed E-state index contributed by atoms with van der Waals surface area (Å²) in [6, 6.07) is 9.70. The molecule has 0 spiro atoms. The Balaban J connectivity index is 2.23. The summed E-state index contributed by atoms with van der Waals surface area (Å²) in [6.45, 7) is 1.64. The Bertz CT molecular complexity index is 623. The van der Waals surface area contributed by atoms with Crippen molar-refractivity contribution in [1.29, 1.82) is 0 Å². The first-order valence-electron chi connectivity index (χ1n) is 6.59. The van der Waals surface area contributed by atoms with Crippen LogP contribution in [0, 0.1) is 0 Å². The predicted octanol–water partition coefficient (Wildman–Crippen LogP) is 2.15. The van der Waals surface area contributed by atoms with Crippen molar-refractivity contribution in [3.05, 3.63) is 47.2 Å². The maximum absolute atomic E-state index is 12.3. The van der Waals surface area contributed by atoms with Crippen molar-refractivity contribution in [2.45, 2.75) is 25.7 Å². The average Bonchev–Trinajstić information content (AvgIpc) is 2.45. The summed E-state index contributed by atoms with van der Waals surface area (Å²) >= 11 is 4.65. The molecule has 0 bridgehead atoms. The molecule has 0 heterocycles. The van der Waals surface area contributed by atoms with Crippen LogP contribution in [0.3, 0.4) is 0 Å². The number of ketones is 1. The van der Waals surface area contributed by atoms with Gasteiger partial charge in [0.05, 0.1) is 11.3 Å². The molecule has 1 aliphatic rings. The molecule has 2 rings (SSSR count). The molecule has 1 unspecified atom stereocenters. The summed E-state index contributed by atoms with van der Waals surface area (Å²) in [6.07, 6.45) is 0.772. The van der Waals surface area contributed by atoms with Crippen molar-refractivity contribution in [2.75, 3.05) is 0 Å². The highest BCUT2D eigenvalue weighted by Gasteiger charge is 2.30. The minimum Gasteiger partial charge on any atom is -0.511 e. The van der Waals surface area contributed by atoms with Crippen LogP contribution in [-0.4, -0.2) is 21.7 Å². The Morgan fingerprint density at radius 3 is 2.62 bits per heavy atom. The van der Waals surface area contributed by atoms with Crippen LogP contribution in [0.5, 0.6) is 0 Å². The molecule has 0 fully saturated rings. The van der Waals surface area contributed by atoms with Gasteiger partial charge in [-0.05, 0) is 30.6 Å². The van der Waals surface area contributed by atoms with Gasteiger partial charge >= 0.3 is 0 Å². The molecule has 0 aliphatic heterocycles. The molecule has 0 radical (unpaired) electrons. The Morgan fingerprint density at radius 2 is 2.05 bits per heavy atom. The lowest BCUT2D eigenvalue weighted by Crippen LogP contribution is -2.28. The summed E-state index contributed by atoms with van der Waals surface area (Å²) in [5.74, 6) is -0.0662. The van der Waals surface area contributed by atoms with Crippen LogP contribution in [0.4, 0.5) is 0 Å². The highest BCUT2D eigenvalue weighted by Crippen LogP contribution is 2.33. The lowest BCUT2D eigenvalue weighted by atomic mass is 9.81. The molecule has 1 aromatic carbocycles. The number of hydrogen-bond donors (Lipinski definition) is 3. The number of hydrogen-bond acceptors (Lipinski definition) is 4. The zero-order valence-electron chi connectivity index (χ0n) is 11.7. The Hall–Kier alpha value is -2.21. The minimum absolute atomic E-state index is 0.00112. The number of carbonyl (C=O) groups excluding carboxylic acids is 1. The van der Waals surface area contributed by atoms with E-state index in [4.69, 9.17) is 5.73 Å². The lowest BCUT2D eigenvalue weighted by Gasteiger charge is -2.23. The Morgan fingerprint density at radius 1 is 1.38 bits per heavy atom. The second-order valence-electron chi connectivity index (χ2n) is 4.93. The normalized spacial score (nSPS) is 19.6. The third-order valence-electron chi connectivity index (χ3n) is 3.41. The van der Waals surface area contributed by atoms with Crippen LogP contribution in [0.25, 0.3) is 0 Å². The van der Waals surface area contributed by atoms with Crippen LogP contribution < -0.4 is 11.2 Å². The van der Waals surface area contributed by atoms with Crippen molar-refractivity contribution >= 4 is 28.8 Å². The molecular formula is C15H17N3O2S. The second kappa shape index (κ2) is 6.49. The predicted molar refractivity (Wildman–Crippen MR) is 86.1 cm³/mol. The van der Waals surface area contributed by atoms with Gasteiger partial charge in [-0.2, -0.15) is 5.10 Å². The van der Waals surface area contributed by atoms with E-state index in [0.29, 0.717) is 18.6 Å². The standard InChI is InChI=1S/C15H17N3O2S/c1-9(17-18-15(16)21)14-12(19)7-11(8-13(14)20)10-5-3-2-4-6-10/h2-6,11,19H,7-8H2,1H3,(H3,16,18,21)/b17-9+. The Kier molecular flexibility index (Phi) is 4.70. The first-order valence-corrected chi connectivity index (χ1v) is 7.00. The third kappa shape index (κ3) is 3.66. The van der Waals surface area contributed by atoms with Crippen LogP contribution >= 0.6 is 12.2 Å². The lowest BCUT2D eigenvalue weighted by molar-refractivity contribution is -0.116. The molecule has 1 aromatic rings. The fourth-order valence-electron chi connectivity index (χ4n) is 2.46. The molecular weight excluding hydrogens is 286 g/mol. The van der Waals surface area contributed by atoms with E-state index < -0.39 is 0 Å². The number of thiocarbonyl (C=S) groups is 1. The largest absolute Gasteiger partial charge is 0.511 e. The van der Waals surface area contributed by atoms with Crippen molar-refractivity contribution < 1.29 is 9.90 Å². The first-order chi connectivity index (χ1) is 9.99. The number of nitrogens with two attached hydrogens (primary N) is 1. The number of hydrazone groups is 1. The molecule has 4 N–H and O–H groups in total. The number of aliphatic hydroxyl groups is 1. The van der Waals surface area contributed by atoms with E-state index in [0.717, 1.165) is 5.56 Å². The number of allylic oxidation sites excluding steroid dienone is 2. The summed E-state index contributed by atoms with van der Waals surface area (Å²) in [5.41, 5.74) is 9.40. The number of nitrogens with zero attached hydrogens (tertiary/aromatic N) is 1. The third-order valence-corrected chi connectivity index (χ3v) is 3.50. The van der Waals surface area contributed by atoms with Gasteiger partial charge in [0.25, 0.3) is 0 Å². The van der Waals surface area contributed by atoms with E-state index in [1.165, 1.54) is 0 Å². The van der Waals surface area contributed by atoms with Gasteiger partial charge in [-0.15, -0.1) is 0 Å². The molecule has 5 nitrogen and oxygen atoms in total. The van der Waals surface area contributed by atoms with E-state index in [1.807, 2.05) is 30.3 Å². The number of rotatable bonds is 3. The zero-order chi connectivity index (χ0) is 15.4. The topological polar surface area (TPSA) is 87.7 Å². The summed E-state index contributed by atoms with van der Waals surface area (Å²) < 4.78 is 0. The summed E-state index contributed by atoms with van der Waals surface area (Å²) in [4.78, 5) is 12.3. The Labute approximate surface area is 128 Å². The SMILES string of the molecule is C/C(=N\NC(N)=S)C1=C(O)CC(c2ccccc2)CC1=O. The molecule has 0 saturated heterocycles. The zero-order valence-corrected chi connectivity index (χ0v) is 12.5. The summed E-state index contributed by atoms with van der Waals surface area (Å²) in [5, 5.41) is 14.1. The van der Waals surface area contributed by atoms with E-state index >= 15 is 0 Å². The number of aliphatic hydroxyl groups excluding tert-OH is 1. The monoisotopic (exact) mass is 303 g/mol. The molecule has 6 heteroatoms. The van der Waals surface area contributed by atoms with Crippen LogP contribution in [0.15, 0.2) is 46.8 Å². The van der Waals surface area contributed by atoms with Gasteiger partial charge in [0.1, 0.15) is 5.76 Å². The average molecular weight is 303 g/mol. The van der Waals surface area contributed by atoms with Gasteiger partial charge in [-0.3, -0.25) is 10.2 Å². The molecule has 1 atom stereocenters. The van der Waals surface area contributed by atoms with Gasteiger partial charge in [0, 0.05) is 12.8 Å². The fourth-order valence-corrected chi connectivity index (χ4v) is 2.51. The number of Topliss-reactive ketones (excluding diaryl/α,β-unsaturated/α-hetero) is 1. The molecule has 21 heavy (non-hydrogen) atoms. The van der Waals surface area contributed by atoms with Gasteiger partial charge in [-0.1, -0.05) is 30.3 Å². The van der Waals surface area contributed by atoms with Crippen LogP contribution in [0.2, 0.25) is 0 Å². The van der Waals surface area contributed by atoms with Crippen LogP contribution in [0.1, 0.15) is 31.2 Å². The molecule has 0 aromatic heterocycles. The van der Waals surface area contributed by atoms with Gasteiger partial charge in [-0.25, -0.2) is 0 Å². The molecule has 0 saturated carbocycles. The number of nitrogens with one attached hydrogen (secondary N) is 1. The maximum atomic E-state index is 12.3. The first kappa shape index (κ1) is 15.2. The minimum atomic E-state index is -0.126.